The second-order valence-electron chi connectivity index (χ2n) is 7.85. The number of hydrogen-bond acceptors (Lipinski definition) is 2. The number of alkyl halides is 2. The van der Waals surface area contributed by atoms with Crippen molar-refractivity contribution in [2.45, 2.75) is 65.3 Å². The molecule has 4 nitrogen and oxygen atoms in total. The van der Waals surface area contributed by atoms with Gasteiger partial charge in [-0.3, -0.25) is 4.79 Å². The van der Waals surface area contributed by atoms with Crippen molar-refractivity contribution in [1.29, 1.82) is 0 Å². The van der Waals surface area contributed by atoms with Crippen molar-refractivity contribution >= 4 is 5.91 Å². The van der Waals surface area contributed by atoms with Crippen LogP contribution in [-0.2, 0) is 7.05 Å². The Morgan fingerprint density at radius 2 is 2.04 bits per heavy atom. The minimum Gasteiger partial charge on any atom is -0.349 e. The molecule has 2 unspecified atom stereocenters. The van der Waals surface area contributed by atoms with Gasteiger partial charge in [0, 0.05) is 13.1 Å². The highest BCUT2D eigenvalue weighted by Gasteiger charge is 2.33. The normalized spacial score (nSPS) is 21.5. The summed E-state index contributed by atoms with van der Waals surface area (Å²) in [6, 6.07) is -0.0926. The van der Waals surface area contributed by atoms with Gasteiger partial charge >= 0.3 is 0 Å². The molecule has 0 radical (unpaired) electrons. The number of nitrogens with one attached hydrogen (secondary N) is 1. The zero-order valence-corrected chi connectivity index (χ0v) is 14.7. The fourth-order valence-corrected chi connectivity index (χ4v) is 3.32. The lowest BCUT2D eigenvalue weighted by Gasteiger charge is -2.25. The van der Waals surface area contributed by atoms with Crippen LogP contribution in [0.4, 0.5) is 13.2 Å². The SMILES string of the molecule is Cn1nc(C(F)F)c(C(=O)NC2CCCC2CCC(C)(C)C)c1F. The number of aryl methyl sites for hydroxylation is 1. The summed E-state index contributed by atoms with van der Waals surface area (Å²) in [6.45, 7) is 6.49. The molecule has 1 N–H and O–H groups in total. The van der Waals surface area contributed by atoms with Gasteiger partial charge in [0.1, 0.15) is 11.3 Å². The van der Waals surface area contributed by atoms with Gasteiger partial charge in [0.05, 0.1) is 0 Å². The maximum atomic E-state index is 14.0. The van der Waals surface area contributed by atoms with E-state index in [1.165, 1.54) is 7.05 Å². The summed E-state index contributed by atoms with van der Waals surface area (Å²) in [5.74, 6) is -1.50. The average molecular weight is 345 g/mol. The van der Waals surface area contributed by atoms with Crippen LogP contribution in [0.3, 0.4) is 0 Å². The lowest BCUT2D eigenvalue weighted by Crippen LogP contribution is -2.38. The standard InChI is InChI=1S/C17H26F3N3O/c1-17(2,3)9-8-10-6-5-7-11(10)21-16(24)12-13(14(18)19)22-23(4)15(12)20/h10-11,14H,5-9H2,1-4H3,(H,21,24). The van der Waals surface area contributed by atoms with E-state index in [0.29, 0.717) is 10.6 Å². The van der Waals surface area contributed by atoms with Gasteiger partial charge in [-0.05, 0) is 37.0 Å². The highest BCUT2D eigenvalue weighted by molar-refractivity contribution is 5.95. The second kappa shape index (κ2) is 7.15. The summed E-state index contributed by atoms with van der Waals surface area (Å²) in [5, 5.41) is 6.19. The first kappa shape index (κ1) is 18.8. The third kappa shape index (κ3) is 4.30. The fraction of sp³-hybridized carbons (Fsp3) is 0.765. The highest BCUT2D eigenvalue weighted by Crippen LogP contribution is 2.34. The molecule has 136 valence electrons. The molecule has 1 aromatic heterocycles. The van der Waals surface area contributed by atoms with Crippen LogP contribution in [0.5, 0.6) is 0 Å². The molecule has 1 saturated carbocycles. The van der Waals surface area contributed by atoms with Crippen molar-refractivity contribution in [1.82, 2.24) is 15.1 Å². The summed E-state index contributed by atoms with van der Waals surface area (Å²) < 4.78 is 40.7. The van der Waals surface area contributed by atoms with Crippen molar-refractivity contribution in [3.8, 4) is 0 Å². The summed E-state index contributed by atoms with van der Waals surface area (Å²) in [5.41, 5.74) is -1.22. The van der Waals surface area contributed by atoms with Crippen molar-refractivity contribution in [2.75, 3.05) is 0 Å². The van der Waals surface area contributed by atoms with E-state index in [4.69, 9.17) is 0 Å². The summed E-state index contributed by atoms with van der Waals surface area (Å²) in [7, 11) is 1.21. The first-order valence-electron chi connectivity index (χ1n) is 8.41. The largest absolute Gasteiger partial charge is 0.349 e. The van der Waals surface area contributed by atoms with Crippen LogP contribution in [0.15, 0.2) is 0 Å². The van der Waals surface area contributed by atoms with Gasteiger partial charge in [-0.1, -0.05) is 27.2 Å². The predicted octanol–water partition coefficient (Wildman–Crippen LogP) is 4.22. The van der Waals surface area contributed by atoms with E-state index in [9.17, 15) is 18.0 Å². The Balaban J connectivity index is 2.09. The molecule has 0 aliphatic heterocycles. The third-order valence-corrected chi connectivity index (χ3v) is 4.68. The fourth-order valence-electron chi connectivity index (χ4n) is 3.32. The summed E-state index contributed by atoms with van der Waals surface area (Å²) in [6.07, 6.45) is 1.78. The van der Waals surface area contributed by atoms with E-state index < -0.39 is 29.5 Å². The molecule has 0 spiro atoms. The number of halogens is 3. The Bertz CT molecular complexity index is 593. The highest BCUT2D eigenvalue weighted by atomic mass is 19.3. The molecule has 1 amide bonds. The Hall–Kier alpha value is -1.53. The first-order valence-corrected chi connectivity index (χ1v) is 8.41. The van der Waals surface area contributed by atoms with Gasteiger partial charge in [0.15, 0.2) is 0 Å². The third-order valence-electron chi connectivity index (χ3n) is 4.68. The van der Waals surface area contributed by atoms with Gasteiger partial charge < -0.3 is 5.32 Å². The van der Waals surface area contributed by atoms with Gasteiger partial charge in [-0.15, -0.1) is 0 Å². The van der Waals surface area contributed by atoms with Crippen LogP contribution < -0.4 is 5.32 Å². The Morgan fingerprint density at radius 3 is 2.62 bits per heavy atom. The average Bonchev–Trinajstić information content (AvgIpc) is 3.01. The van der Waals surface area contributed by atoms with Crippen LogP contribution in [0.1, 0.15) is 75.4 Å². The molecule has 2 atom stereocenters. The molecular weight excluding hydrogens is 319 g/mol. The molecule has 7 heteroatoms. The predicted molar refractivity (Wildman–Crippen MR) is 85.4 cm³/mol. The molecule has 1 aliphatic carbocycles. The van der Waals surface area contributed by atoms with Crippen LogP contribution >= 0.6 is 0 Å². The van der Waals surface area contributed by atoms with Crippen LogP contribution in [-0.4, -0.2) is 21.7 Å². The molecule has 24 heavy (non-hydrogen) atoms. The Kier molecular flexibility index (Phi) is 5.60. The first-order chi connectivity index (χ1) is 11.1. The number of aromatic nitrogens is 2. The van der Waals surface area contributed by atoms with Crippen molar-refractivity contribution in [2.24, 2.45) is 18.4 Å². The monoisotopic (exact) mass is 345 g/mol. The number of carbonyl (C=O) groups is 1. The van der Waals surface area contributed by atoms with Crippen LogP contribution in [0.2, 0.25) is 0 Å². The molecule has 0 aromatic carbocycles. The number of hydrogen-bond donors (Lipinski definition) is 1. The summed E-state index contributed by atoms with van der Waals surface area (Å²) in [4.78, 5) is 12.4. The maximum Gasteiger partial charge on any atom is 0.283 e. The van der Waals surface area contributed by atoms with E-state index >= 15 is 0 Å². The molecule has 0 saturated heterocycles. The minimum atomic E-state index is -2.98. The van der Waals surface area contributed by atoms with E-state index in [2.05, 4.69) is 31.2 Å². The van der Waals surface area contributed by atoms with Gasteiger partial charge in [-0.25, -0.2) is 13.5 Å². The van der Waals surface area contributed by atoms with E-state index in [1.54, 1.807) is 0 Å². The summed E-state index contributed by atoms with van der Waals surface area (Å²) >= 11 is 0. The lowest BCUT2D eigenvalue weighted by molar-refractivity contribution is 0.0906. The molecular formula is C17H26F3N3O. The smallest absolute Gasteiger partial charge is 0.283 e. The second-order valence-corrected chi connectivity index (χ2v) is 7.85. The number of nitrogens with zero attached hydrogens (tertiary/aromatic N) is 2. The van der Waals surface area contributed by atoms with Crippen molar-refractivity contribution in [3.05, 3.63) is 17.2 Å². The number of rotatable bonds is 5. The molecule has 1 aliphatic rings. The maximum absolute atomic E-state index is 14.0. The zero-order chi connectivity index (χ0) is 18.1. The molecule has 0 bridgehead atoms. The van der Waals surface area contributed by atoms with E-state index in [-0.39, 0.29) is 11.5 Å². The van der Waals surface area contributed by atoms with E-state index in [0.717, 1.165) is 32.1 Å². The molecule has 1 heterocycles. The van der Waals surface area contributed by atoms with Gasteiger partial charge in [0.2, 0.25) is 5.95 Å². The quantitative estimate of drug-likeness (QED) is 0.868. The minimum absolute atomic E-state index is 0.0926. The number of amides is 1. The molecule has 1 fully saturated rings. The Morgan fingerprint density at radius 1 is 1.38 bits per heavy atom. The zero-order valence-electron chi connectivity index (χ0n) is 14.7. The van der Waals surface area contributed by atoms with Gasteiger partial charge in [-0.2, -0.15) is 9.49 Å². The van der Waals surface area contributed by atoms with Crippen molar-refractivity contribution in [3.63, 3.8) is 0 Å². The molecule has 1 aromatic rings. The van der Waals surface area contributed by atoms with Crippen LogP contribution in [0.25, 0.3) is 0 Å². The van der Waals surface area contributed by atoms with Gasteiger partial charge in [0.25, 0.3) is 12.3 Å². The van der Waals surface area contributed by atoms with Crippen molar-refractivity contribution < 1.29 is 18.0 Å². The van der Waals surface area contributed by atoms with Crippen LogP contribution in [0, 0.1) is 17.3 Å². The Labute approximate surface area is 140 Å². The van der Waals surface area contributed by atoms with E-state index in [1.807, 2.05) is 0 Å². The number of carbonyl (C=O) groups excluding carboxylic acids is 1. The lowest BCUT2D eigenvalue weighted by atomic mass is 9.85. The topological polar surface area (TPSA) is 46.9 Å². The molecule has 2 rings (SSSR count).